The van der Waals surface area contributed by atoms with E-state index in [2.05, 4.69) is 33.7 Å². The maximum Gasteiger partial charge on any atom is 0.111 e. The fourth-order valence-electron chi connectivity index (χ4n) is 5.53. The van der Waals surface area contributed by atoms with E-state index in [-0.39, 0.29) is 0 Å². The first-order valence-corrected chi connectivity index (χ1v) is 10.6. The molecule has 0 amide bonds. The van der Waals surface area contributed by atoms with Crippen LogP contribution in [0.5, 0.6) is 0 Å². The van der Waals surface area contributed by atoms with E-state index in [4.69, 9.17) is 10.2 Å². The van der Waals surface area contributed by atoms with Crippen molar-refractivity contribution in [2.45, 2.75) is 63.2 Å². The molecule has 2 aromatic carbocycles. The predicted octanol–water partition coefficient (Wildman–Crippen LogP) is 4.52. The normalized spacial score (nSPS) is 24.5. The summed E-state index contributed by atoms with van der Waals surface area (Å²) in [4.78, 5) is 7.93. The average Bonchev–Trinajstić information content (AvgIpc) is 3.16. The summed E-state index contributed by atoms with van der Waals surface area (Å²) in [5, 5.41) is 9.01. The lowest BCUT2D eigenvalue weighted by Gasteiger charge is -2.41. The van der Waals surface area contributed by atoms with Crippen molar-refractivity contribution in [1.82, 2.24) is 14.5 Å². The highest BCUT2D eigenvalue weighted by atomic mass is 15.3. The average molecular weight is 368 g/mol. The number of nitriles is 1. The van der Waals surface area contributed by atoms with Crippen molar-refractivity contribution >= 4 is 11.0 Å². The number of aromatic nitrogens is 2. The van der Waals surface area contributed by atoms with Crippen molar-refractivity contribution in [3.8, 4) is 17.2 Å². The maximum absolute atomic E-state index is 9.01. The number of benzene rings is 2. The van der Waals surface area contributed by atoms with E-state index in [9.17, 15) is 0 Å². The van der Waals surface area contributed by atoms with Gasteiger partial charge in [0.2, 0.25) is 0 Å². The first kappa shape index (κ1) is 16.3. The second-order valence-electron chi connectivity index (χ2n) is 8.65. The SMILES string of the molecule is N#Cc1ccc(-c2ccc3c(c2)nc2n3C[C@H]3CC[C@H](C2)N3C2CCC2)cc1. The molecular weight excluding hydrogens is 344 g/mol. The molecule has 2 atom stereocenters. The van der Waals surface area contributed by atoms with E-state index in [0.717, 1.165) is 30.1 Å². The molecule has 3 aromatic rings. The van der Waals surface area contributed by atoms with Crippen LogP contribution in [0.15, 0.2) is 42.5 Å². The van der Waals surface area contributed by atoms with Crippen LogP contribution in [-0.2, 0) is 13.0 Å². The number of nitrogens with zero attached hydrogens (tertiary/aromatic N) is 4. The van der Waals surface area contributed by atoms with Gasteiger partial charge in [-0.2, -0.15) is 5.26 Å². The predicted molar refractivity (Wildman–Crippen MR) is 110 cm³/mol. The minimum Gasteiger partial charge on any atom is -0.326 e. The summed E-state index contributed by atoms with van der Waals surface area (Å²) in [6.07, 6.45) is 7.96. The molecule has 3 aliphatic rings. The van der Waals surface area contributed by atoms with Crippen molar-refractivity contribution in [3.63, 3.8) is 0 Å². The number of rotatable bonds is 2. The Kier molecular flexibility index (Phi) is 3.61. The molecule has 3 heterocycles. The Hall–Kier alpha value is -2.64. The van der Waals surface area contributed by atoms with Gasteiger partial charge in [0.15, 0.2) is 0 Å². The number of hydrogen-bond acceptors (Lipinski definition) is 3. The van der Waals surface area contributed by atoms with Gasteiger partial charge in [0, 0.05) is 31.1 Å². The molecule has 0 unspecified atom stereocenters. The van der Waals surface area contributed by atoms with Crippen molar-refractivity contribution in [2.24, 2.45) is 0 Å². The molecule has 1 saturated carbocycles. The van der Waals surface area contributed by atoms with Crippen molar-refractivity contribution in [1.29, 1.82) is 5.26 Å². The summed E-state index contributed by atoms with van der Waals surface area (Å²) < 4.78 is 2.49. The molecule has 1 aromatic heterocycles. The number of hydrogen-bond donors (Lipinski definition) is 0. The molecule has 28 heavy (non-hydrogen) atoms. The second kappa shape index (κ2) is 6.18. The highest BCUT2D eigenvalue weighted by molar-refractivity contribution is 5.83. The Balaban J connectivity index is 1.37. The van der Waals surface area contributed by atoms with Crippen LogP contribution in [0.1, 0.15) is 43.5 Å². The van der Waals surface area contributed by atoms with Crippen LogP contribution in [0.25, 0.3) is 22.2 Å². The van der Waals surface area contributed by atoms with Crippen LogP contribution in [0.2, 0.25) is 0 Å². The van der Waals surface area contributed by atoms with Crippen LogP contribution in [0.4, 0.5) is 0 Å². The molecule has 0 spiro atoms. The first-order chi connectivity index (χ1) is 13.8. The van der Waals surface area contributed by atoms with Gasteiger partial charge in [-0.15, -0.1) is 0 Å². The van der Waals surface area contributed by atoms with Crippen molar-refractivity contribution < 1.29 is 0 Å². The van der Waals surface area contributed by atoms with Crippen LogP contribution in [0.3, 0.4) is 0 Å². The lowest BCUT2D eigenvalue weighted by molar-refractivity contribution is 0.0739. The minimum atomic E-state index is 0.686. The van der Waals surface area contributed by atoms with E-state index < -0.39 is 0 Å². The first-order valence-electron chi connectivity index (χ1n) is 10.6. The summed E-state index contributed by atoms with van der Waals surface area (Å²) in [5.41, 5.74) is 5.39. The van der Waals surface area contributed by atoms with Crippen molar-refractivity contribution in [2.75, 3.05) is 0 Å². The lowest BCUT2D eigenvalue weighted by Crippen LogP contribution is -2.48. The Labute approximate surface area is 165 Å². The van der Waals surface area contributed by atoms with Gasteiger partial charge in [-0.3, -0.25) is 4.90 Å². The Bertz CT molecular complexity index is 1080. The zero-order chi connectivity index (χ0) is 18.7. The third kappa shape index (κ3) is 2.43. The van der Waals surface area contributed by atoms with Gasteiger partial charge in [-0.05, 0) is 61.1 Å². The quantitative estimate of drug-likeness (QED) is 0.668. The molecular formula is C24H24N4. The molecule has 6 rings (SSSR count). The van der Waals surface area contributed by atoms with Gasteiger partial charge < -0.3 is 4.57 Å². The molecule has 1 saturated heterocycles. The fourth-order valence-corrected chi connectivity index (χ4v) is 5.53. The Morgan fingerprint density at radius 1 is 0.893 bits per heavy atom. The monoisotopic (exact) mass is 368 g/mol. The number of imidazole rings is 1. The van der Waals surface area contributed by atoms with Gasteiger partial charge in [-0.1, -0.05) is 24.6 Å². The second-order valence-corrected chi connectivity index (χ2v) is 8.65. The standard InChI is InChI=1S/C24H24N4/c25-14-16-4-6-17(7-5-16)18-8-11-23-22(12-18)26-24-13-20-9-10-21(15-27(23)24)28(20)19-2-1-3-19/h4-8,11-12,19-21H,1-3,9-10,13,15H2/t20-,21-/m1/s1. The van der Waals surface area contributed by atoms with Crippen LogP contribution in [0, 0.1) is 11.3 Å². The van der Waals surface area contributed by atoms with Crippen LogP contribution in [-0.4, -0.2) is 32.6 Å². The summed E-state index contributed by atoms with van der Waals surface area (Å²) in [7, 11) is 0. The Morgan fingerprint density at radius 3 is 2.43 bits per heavy atom. The van der Waals surface area contributed by atoms with E-state index >= 15 is 0 Å². The third-order valence-electron chi connectivity index (χ3n) is 7.16. The van der Waals surface area contributed by atoms with Gasteiger partial charge in [0.1, 0.15) is 5.82 Å². The van der Waals surface area contributed by atoms with Crippen LogP contribution < -0.4 is 0 Å². The van der Waals surface area contributed by atoms with Gasteiger partial charge in [0.05, 0.1) is 22.7 Å². The summed E-state index contributed by atoms with van der Waals surface area (Å²) in [6.45, 7) is 1.09. The molecule has 140 valence electrons. The molecule has 4 nitrogen and oxygen atoms in total. The van der Waals surface area contributed by atoms with Gasteiger partial charge in [-0.25, -0.2) is 4.98 Å². The summed E-state index contributed by atoms with van der Waals surface area (Å²) in [5.74, 6) is 1.27. The van der Waals surface area contributed by atoms with E-state index in [0.29, 0.717) is 17.6 Å². The molecule has 4 heteroatoms. The minimum absolute atomic E-state index is 0.686. The summed E-state index contributed by atoms with van der Waals surface area (Å²) in [6, 6.07) is 18.9. The van der Waals surface area contributed by atoms with E-state index in [1.54, 1.807) is 0 Å². The topological polar surface area (TPSA) is 44.9 Å². The molecule has 2 bridgehead atoms. The molecule has 1 aliphatic carbocycles. The fraction of sp³-hybridized carbons (Fsp3) is 0.417. The molecule has 0 N–H and O–H groups in total. The smallest absolute Gasteiger partial charge is 0.111 e. The van der Waals surface area contributed by atoms with Crippen LogP contribution >= 0.6 is 0 Å². The molecule has 2 fully saturated rings. The van der Waals surface area contributed by atoms with Gasteiger partial charge in [0.25, 0.3) is 0 Å². The van der Waals surface area contributed by atoms with Crippen molar-refractivity contribution in [3.05, 3.63) is 53.9 Å². The largest absolute Gasteiger partial charge is 0.326 e. The third-order valence-corrected chi connectivity index (χ3v) is 7.16. The lowest BCUT2D eigenvalue weighted by atomic mass is 9.90. The number of fused-ring (bicyclic) bond motifs is 5. The highest BCUT2D eigenvalue weighted by Crippen LogP contribution is 2.39. The zero-order valence-electron chi connectivity index (χ0n) is 16.0. The van der Waals surface area contributed by atoms with E-state index in [1.165, 1.54) is 49.0 Å². The van der Waals surface area contributed by atoms with E-state index in [1.807, 2.05) is 24.3 Å². The molecule has 0 radical (unpaired) electrons. The van der Waals surface area contributed by atoms with Gasteiger partial charge >= 0.3 is 0 Å². The Morgan fingerprint density at radius 2 is 1.68 bits per heavy atom. The maximum atomic E-state index is 9.01. The summed E-state index contributed by atoms with van der Waals surface area (Å²) >= 11 is 0. The zero-order valence-corrected chi connectivity index (χ0v) is 16.0. The molecule has 2 aliphatic heterocycles. The highest BCUT2D eigenvalue weighted by Gasteiger charge is 2.42.